The molecule has 18 heavy (non-hydrogen) atoms. The van der Waals surface area contributed by atoms with Crippen molar-refractivity contribution in [2.45, 2.75) is 38.6 Å². The van der Waals surface area contributed by atoms with E-state index in [1.54, 1.807) is 25.6 Å². The Bertz CT molecular complexity index is 519. The van der Waals surface area contributed by atoms with Crippen LogP contribution in [0.5, 0.6) is 0 Å². The van der Waals surface area contributed by atoms with Gasteiger partial charge in [-0.2, -0.15) is 5.10 Å². The van der Waals surface area contributed by atoms with Crippen molar-refractivity contribution in [2.24, 2.45) is 18.7 Å². The van der Waals surface area contributed by atoms with Crippen LogP contribution in [0, 0.1) is 19.8 Å². The standard InChI is InChI=1S/C11H22N4O2S/c1-7(2)10(12)6-13-18(16,17)11-8(3)14-15(5)9(11)4/h7,10,13H,6,12H2,1-5H3. The molecule has 0 aliphatic rings. The molecule has 1 unspecified atom stereocenters. The SMILES string of the molecule is Cc1nn(C)c(C)c1S(=O)(=O)NCC(N)C(C)C. The first-order valence-electron chi connectivity index (χ1n) is 5.92. The zero-order valence-corrected chi connectivity index (χ0v) is 12.4. The van der Waals surface area contributed by atoms with Crippen LogP contribution in [0.4, 0.5) is 0 Å². The largest absolute Gasteiger partial charge is 0.326 e. The average Bonchev–Trinajstić information content (AvgIpc) is 2.50. The molecule has 1 atom stereocenters. The molecule has 0 saturated carbocycles. The van der Waals surface area contributed by atoms with Crippen molar-refractivity contribution in [1.29, 1.82) is 0 Å². The smallest absolute Gasteiger partial charge is 0.244 e. The Labute approximate surface area is 109 Å². The van der Waals surface area contributed by atoms with E-state index < -0.39 is 10.0 Å². The number of sulfonamides is 1. The van der Waals surface area contributed by atoms with E-state index in [9.17, 15) is 8.42 Å². The molecule has 0 radical (unpaired) electrons. The summed E-state index contributed by atoms with van der Waals surface area (Å²) in [5, 5.41) is 4.11. The molecule has 104 valence electrons. The first-order chi connectivity index (χ1) is 8.16. The zero-order valence-electron chi connectivity index (χ0n) is 11.6. The van der Waals surface area contributed by atoms with Gasteiger partial charge in [-0.1, -0.05) is 13.8 Å². The number of nitrogens with two attached hydrogens (primary N) is 1. The molecule has 1 aromatic heterocycles. The third-order valence-electron chi connectivity index (χ3n) is 3.08. The highest BCUT2D eigenvalue weighted by Crippen LogP contribution is 2.18. The Balaban J connectivity index is 2.94. The molecule has 0 fully saturated rings. The van der Waals surface area contributed by atoms with Crippen LogP contribution in [0.2, 0.25) is 0 Å². The Kier molecular flexibility index (Phi) is 4.52. The van der Waals surface area contributed by atoms with Gasteiger partial charge in [-0.25, -0.2) is 13.1 Å². The summed E-state index contributed by atoms with van der Waals surface area (Å²) in [4.78, 5) is 0.251. The third kappa shape index (κ3) is 3.09. The lowest BCUT2D eigenvalue weighted by Gasteiger charge is -2.16. The fraction of sp³-hybridized carbons (Fsp3) is 0.727. The molecular weight excluding hydrogens is 252 g/mol. The second-order valence-corrected chi connectivity index (χ2v) is 6.59. The van der Waals surface area contributed by atoms with E-state index in [4.69, 9.17) is 5.73 Å². The molecule has 0 amide bonds. The van der Waals surface area contributed by atoms with Crippen molar-refractivity contribution in [2.75, 3.05) is 6.54 Å². The van der Waals surface area contributed by atoms with Gasteiger partial charge in [0.2, 0.25) is 10.0 Å². The summed E-state index contributed by atoms with van der Waals surface area (Å²) >= 11 is 0. The maximum absolute atomic E-state index is 12.2. The number of nitrogens with zero attached hydrogens (tertiary/aromatic N) is 2. The van der Waals surface area contributed by atoms with Crippen LogP contribution in [-0.4, -0.2) is 30.8 Å². The van der Waals surface area contributed by atoms with Gasteiger partial charge < -0.3 is 5.73 Å². The van der Waals surface area contributed by atoms with Crippen molar-refractivity contribution < 1.29 is 8.42 Å². The summed E-state index contributed by atoms with van der Waals surface area (Å²) in [6.07, 6.45) is 0. The molecule has 1 rings (SSSR count). The zero-order chi connectivity index (χ0) is 14.1. The molecule has 0 aliphatic heterocycles. The van der Waals surface area contributed by atoms with Crippen molar-refractivity contribution in [3.8, 4) is 0 Å². The van der Waals surface area contributed by atoms with Gasteiger partial charge in [0.05, 0.1) is 11.4 Å². The lowest BCUT2D eigenvalue weighted by atomic mass is 10.1. The van der Waals surface area contributed by atoms with E-state index in [0.29, 0.717) is 11.4 Å². The number of aryl methyl sites for hydroxylation is 2. The van der Waals surface area contributed by atoms with E-state index in [1.807, 2.05) is 13.8 Å². The van der Waals surface area contributed by atoms with Crippen LogP contribution in [0.3, 0.4) is 0 Å². The number of hydrogen-bond donors (Lipinski definition) is 2. The maximum Gasteiger partial charge on any atom is 0.244 e. The third-order valence-corrected chi connectivity index (χ3v) is 4.75. The van der Waals surface area contributed by atoms with Crippen molar-refractivity contribution in [3.05, 3.63) is 11.4 Å². The van der Waals surface area contributed by atoms with Gasteiger partial charge >= 0.3 is 0 Å². The van der Waals surface area contributed by atoms with Crippen LogP contribution in [0.1, 0.15) is 25.2 Å². The topological polar surface area (TPSA) is 90.0 Å². The minimum atomic E-state index is -3.54. The lowest BCUT2D eigenvalue weighted by molar-refractivity contribution is 0.481. The summed E-state index contributed by atoms with van der Waals surface area (Å²) in [6, 6.07) is -0.197. The van der Waals surface area contributed by atoms with Gasteiger partial charge in [0, 0.05) is 19.6 Å². The summed E-state index contributed by atoms with van der Waals surface area (Å²) < 4.78 is 28.5. The summed E-state index contributed by atoms with van der Waals surface area (Å²) in [5.74, 6) is 0.226. The summed E-state index contributed by atoms with van der Waals surface area (Å²) in [5.41, 5.74) is 6.96. The van der Waals surface area contributed by atoms with E-state index in [1.165, 1.54) is 0 Å². The Morgan fingerprint density at radius 2 is 1.94 bits per heavy atom. The highest BCUT2D eigenvalue weighted by Gasteiger charge is 2.24. The van der Waals surface area contributed by atoms with E-state index in [0.717, 1.165) is 0 Å². The van der Waals surface area contributed by atoms with Crippen LogP contribution in [-0.2, 0) is 17.1 Å². The predicted octanol–water partition coefficient (Wildman–Crippen LogP) is 0.299. The fourth-order valence-corrected chi connectivity index (χ4v) is 3.16. The second-order valence-electron chi connectivity index (χ2n) is 4.88. The Morgan fingerprint density at radius 1 is 1.39 bits per heavy atom. The van der Waals surface area contributed by atoms with E-state index >= 15 is 0 Å². The van der Waals surface area contributed by atoms with Gasteiger partial charge in [-0.15, -0.1) is 0 Å². The first-order valence-corrected chi connectivity index (χ1v) is 7.40. The number of aromatic nitrogens is 2. The van der Waals surface area contributed by atoms with Crippen molar-refractivity contribution in [3.63, 3.8) is 0 Å². The average molecular weight is 274 g/mol. The first kappa shape index (κ1) is 15.1. The minimum absolute atomic E-state index is 0.197. The maximum atomic E-state index is 12.2. The number of rotatable bonds is 5. The number of nitrogens with one attached hydrogen (secondary N) is 1. The summed E-state index contributed by atoms with van der Waals surface area (Å²) in [7, 11) is -1.82. The van der Waals surface area contributed by atoms with Gasteiger partial charge in [-0.3, -0.25) is 4.68 Å². The van der Waals surface area contributed by atoms with Crippen molar-refractivity contribution in [1.82, 2.24) is 14.5 Å². The van der Waals surface area contributed by atoms with Crippen LogP contribution in [0.15, 0.2) is 4.90 Å². The van der Waals surface area contributed by atoms with Crippen LogP contribution < -0.4 is 10.5 Å². The van der Waals surface area contributed by atoms with E-state index in [-0.39, 0.29) is 23.4 Å². The Hall–Kier alpha value is -0.920. The molecule has 0 bridgehead atoms. The number of hydrogen-bond acceptors (Lipinski definition) is 4. The fourth-order valence-electron chi connectivity index (χ4n) is 1.66. The van der Waals surface area contributed by atoms with Gasteiger partial charge in [0.15, 0.2) is 0 Å². The van der Waals surface area contributed by atoms with Gasteiger partial charge in [-0.05, 0) is 19.8 Å². The molecule has 6 nitrogen and oxygen atoms in total. The van der Waals surface area contributed by atoms with E-state index in [2.05, 4.69) is 9.82 Å². The molecule has 7 heteroatoms. The monoisotopic (exact) mass is 274 g/mol. The summed E-state index contributed by atoms with van der Waals surface area (Å²) in [6.45, 7) is 7.56. The van der Waals surface area contributed by atoms with Gasteiger partial charge in [0.25, 0.3) is 0 Å². The highest BCUT2D eigenvalue weighted by molar-refractivity contribution is 7.89. The van der Waals surface area contributed by atoms with Crippen molar-refractivity contribution >= 4 is 10.0 Å². The normalized spacial score (nSPS) is 14.2. The van der Waals surface area contributed by atoms with Crippen LogP contribution >= 0.6 is 0 Å². The Morgan fingerprint density at radius 3 is 2.33 bits per heavy atom. The molecule has 1 heterocycles. The molecule has 3 N–H and O–H groups in total. The second kappa shape index (κ2) is 5.38. The quantitative estimate of drug-likeness (QED) is 0.808. The molecule has 0 spiro atoms. The minimum Gasteiger partial charge on any atom is -0.326 e. The molecule has 0 aromatic carbocycles. The van der Waals surface area contributed by atoms with Gasteiger partial charge in [0.1, 0.15) is 4.90 Å². The molecule has 0 aliphatic carbocycles. The lowest BCUT2D eigenvalue weighted by Crippen LogP contribution is -2.40. The highest BCUT2D eigenvalue weighted by atomic mass is 32.2. The molecular formula is C11H22N4O2S. The predicted molar refractivity (Wildman–Crippen MR) is 70.7 cm³/mol. The van der Waals surface area contributed by atoms with Crippen LogP contribution in [0.25, 0.3) is 0 Å². The molecule has 0 saturated heterocycles. The molecule has 1 aromatic rings.